The van der Waals surface area contributed by atoms with Gasteiger partial charge in [-0.15, -0.1) is 0 Å². The van der Waals surface area contributed by atoms with E-state index in [1.807, 2.05) is 20.8 Å². The molecule has 0 aliphatic carbocycles. The first-order valence-electron chi connectivity index (χ1n) is 6.77. The van der Waals surface area contributed by atoms with Crippen LogP contribution >= 0.6 is 0 Å². The van der Waals surface area contributed by atoms with E-state index in [9.17, 15) is 9.59 Å². The van der Waals surface area contributed by atoms with Gasteiger partial charge in [0.1, 0.15) is 5.75 Å². The van der Waals surface area contributed by atoms with Gasteiger partial charge in [0.25, 0.3) is 0 Å². The molecule has 0 saturated heterocycles. The molecule has 0 fully saturated rings. The summed E-state index contributed by atoms with van der Waals surface area (Å²) in [4.78, 5) is 23.8. The van der Waals surface area contributed by atoms with Crippen molar-refractivity contribution in [2.75, 3.05) is 24.3 Å². The zero-order chi connectivity index (χ0) is 16.0. The molecule has 1 aromatic rings. The van der Waals surface area contributed by atoms with Crippen LogP contribution in [0.1, 0.15) is 27.2 Å². The molecule has 0 atom stereocenters. The molecule has 0 aliphatic rings. The molecular formula is C15H23N3O3. The van der Waals surface area contributed by atoms with Gasteiger partial charge in [-0.1, -0.05) is 20.8 Å². The van der Waals surface area contributed by atoms with Crippen molar-refractivity contribution < 1.29 is 14.3 Å². The van der Waals surface area contributed by atoms with E-state index in [0.717, 1.165) is 0 Å². The lowest BCUT2D eigenvalue weighted by atomic mass is 9.95. The van der Waals surface area contributed by atoms with Crippen LogP contribution in [-0.2, 0) is 9.59 Å². The lowest BCUT2D eigenvalue weighted by molar-refractivity contribution is -0.123. The molecule has 2 amide bonds. The Morgan fingerprint density at radius 1 is 1.19 bits per heavy atom. The maximum atomic E-state index is 12.1. The number of hydrogen-bond donors (Lipinski definition) is 3. The predicted molar refractivity (Wildman–Crippen MR) is 83.4 cm³/mol. The topological polar surface area (TPSA) is 93.5 Å². The zero-order valence-electron chi connectivity index (χ0n) is 12.9. The van der Waals surface area contributed by atoms with Crippen LogP contribution in [-0.4, -0.2) is 25.5 Å². The van der Waals surface area contributed by atoms with Crippen molar-refractivity contribution >= 4 is 23.2 Å². The van der Waals surface area contributed by atoms with E-state index in [4.69, 9.17) is 10.5 Å². The minimum atomic E-state index is -0.529. The van der Waals surface area contributed by atoms with E-state index in [-0.39, 0.29) is 24.8 Å². The van der Waals surface area contributed by atoms with Crippen LogP contribution in [0.5, 0.6) is 5.75 Å². The molecule has 1 rings (SSSR count). The van der Waals surface area contributed by atoms with Crippen molar-refractivity contribution in [1.82, 2.24) is 0 Å². The Kier molecular flexibility index (Phi) is 5.72. The summed E-state index contributed by atoms with van der Waals surface area (Å²) in [7, 11) is 1.54. The van der Waals surface area contributed by atoms with Crippen molar-refractivity contribution in [2.45, 2.75) is 27.2 Å². The van der Waals surface area contributed by atoms with Crippen molar-refractivity contribution in [1.29, 1.82) is 0 Å². The van der Waals surface area contributed by atoms with Crippen molar-refractivity contribution in [3.05, 3.63) is 18.2 Å². The minimum absolute atomic E-state index is 0.137. The summed E-state index contributed by atoms with van der Waals surface area (Å²) in [6.07, 6.45) is 0.212. The Balaban J connectivity index is 3.02. The number of nitrogens with one attached hydrogen (secondary N) is 2. The van der Waals surface area contributed by atoms with Gasteiger partial charge in [-0.05, 0) is 12.1 Å². The Bertz CT molecular complexity index is 521. The predicted octanol–water partition coefficient (Wildman–Crippen LogP) is 1.97. The number of hydrogen-bond acceptors (Lipinski definition) is 4. The highest BCUT2D eigenvalue weighted by Crippen LogP contribution is 2.28. The average Bonchev–Trinajstić information content (AvgIpc) is 2.39. The molecule has 21 heavy (non-hydrogen) atoms. The zero-order valence-corrected chi connectivity index (χ0v) is 12.9. The largest absolute Gasteiger partial charge is 0.497 e. The molecule has 0 aromatic heterocycles. The number of methoxy groups -OCH3 is 1. The molecule has 6 heteroatoms. The quantitative estimate of drug-likeness (QED) is 0.773. The molecule has 0 radical (unpaired) electrons. The molecule has 0 bridgehead atoms. The smallest absolute Gasteiger partial charge is 0.229 e. The minimum Gasteiger partial charge on any atom is -0.497 e. The summed E-state index contributed by atoms with van der Waals surface area (Å²) in [6.45, 7) is 5.72. The standard InChI is InChI=1S/C15H23N3O3/c1-15(2,3)14(20)18-11-6-5-10(21-4)9-12(11)17-13(19)7-8-16/h5-6,9H,7-8,16H2,1-4H3,(H,17,19)(H,18,20). The van der Waals surface area contributed by atoms with Gasteiger partial charge in [0, 0.05) is 24.4 Å². The number of benzene rings is 1. The van der Waals surface area contributed by atoms with Gasteiger partial charge in [0.15, 0.2) is 0 Å². The van der Waals surface area contributed by atoms with E-state index in [2.05, 4.69) is 10.6 Å². The maximum Gasteiger partial charge on any atom is 0.229 e. The van der Waals surface area contributed by atoms with Gasteiger partial charge in [-0.2, -0.15) is 0 Å². The van der Waals surface area contributed by atoms with Crippen LogP contribution in [0.25, 0.3) is 0 Å². The van der Waals surface area contributed by atoms with Gasteiger partial charge in [0.2, 0.25) is 11.8 Å². The van der Waals surface area contributed by atoms with E-state index in [1.165, 1.54) is 7.11 Å². The molecule has 6 nitrogen and oxygen atoms in total. The van der Waals surface area contributed by atoms with E-state index >= 15 is 0 Å². The second kappa shape index (κ2) is 7.08. The van der Waals surface area contributed by atoms with Gasteiger partial charge in [0.05, 0.1) is 18.5 Å². The van der Waals surface area contributed by atoms with Crippen LogP contribution in [0.3, 0.4) is 0 Å². The number of carbonyl (C=O) groups excluding carboxylic acids is 2. The lowest BCUT2D eigenvalue weighted by Crippen LogP contribution is -2.28. The van der Waals surface area contributed by atoms with Gasteiger partial charge < -0.3 is 21.1 Å². The summed E-state index contributed by atoms with van der Waals surface area (Å²) in [5.74, 6) is 0.241. The number of amides is 2. The van der Waals surface area contributed by atoms with Crippen LogP contribution in [0.4, 0.5) is 11.4 Å². The second-order valence-electron chi connectivity index (χ2n) is 5.70. The third-order valence-corrected chi connectivity index (χ3v) is 2.80. The number of nitrogens with two attached hydrogens (primary N) is 1. The Labute approximate surface area is 125 Å². The van der Waals surface area contributed by atoms with Crippen molar-refractivity contribution in [3.63, 3.8) is 0 Å². The summed E-state index contributed by atoms with van der Waals surface area (Å²) >= 11 is 0. The highest BCUT2D eigenvalue weighted by Gasteiger charge is 2.22. The van der Waals surface area contributed by atoms with Crippen LogP contribution < -0.4 is 21.1 Å². The second-order valence-corrected chi connectivity index (χ2v) is 5.70. The molecule has 1 aromatic carbocycles. The Morgan fingerprint density at radius 3 is 2.38 bits per heavy atom. The molecule has 0 unspecified atom stereocenters. The molecule has 0 spiro atoms. The van der Waals surface area contributed by atoms with Gasteiger partial charge in [-0.25, -0.2) is 0 Å². The summed E-state index contributed by atoms with van der Waals surface area (Å²) in [5, 5.41) is 5.54. The highest BCUT2D eigenvalue weighted by molar-refractivity contribution is 6.01. The molecule has 0 heterocycles. The van der Waals surface area contributed by atoms with Crippen molar-refractivity contribution in [3.8, 4) is 5.75 Å². The van der Waals surface area contributed by atoms with Gasteiger partial charge in [-0.3, -0.25) is 9.59 Å². The Morgan fingerprint density at radius 2 is 1.86 bits per heavy atom. The molecule has 4 N–H and O–H groups in total. The summed E-state index contributed by atoms with van der Waals surface area (Å²) in [6, 6.07) is 5.07. The highest BCUT2D eigenvalue weighted by atomic mass is 16.5. The third kappa shape index (κ3) is 5.07. The normalized spacial score (nSPS) is 10.9. The molecule has 116 valence electrons. The first kappa shape index (κ1) is 17.0. The van der Waals surface area contributed by atoms with Crippen LogP contribution in [0.2, 0.25) is 0 Å². The SMILES string of the molecule is COc1ccc(NC(=O)C(C)(C)C)c(NC(=O)CCN)c1. The average molecular weight is 293 g/mol. The maximum absolute atomic E-state index is 12.1. The third-order valence-electron chi connectivity index (χ3n) is 2.80. The van der Waals surface area contributed by atoms with E-state index < -0.39 is 5.41 Å². The van der Waals surface area contributed by atoms with Crippen molar-refractivity contribution in [2.24, 2.45) is 11.1 Å². The number of ether oxygens (including phenoxy) is 1. The first-order valence-corrected chi connectivity index (χ1v) is 6.77. The van der Waals surface area contributed by atoms with Gasteiger partial charge >= 0.3 is 0 Å². The fourth-order valence-corrected chi connectivity index (χ4v) is 1.52. The van der Waals surface area contributed by atoms with E-state index in [1.54, 1.807) is 18.2 Å². The Hall–Kier alpha value is -2.08. The lowest BCUT2D eigenvalue weighted by Gasteiger charge is -2.20. The number of rotatable bonds is 5. The number of anilines is 2. The fraction of sp³-hybridized carbons (Fsp3) is 0.467. The monoisotopic (exact) mass is 293 g/mol. The molecular weight excluding hydrogens is 270 g/mol. The van der Waals surface area contributed by atoms with Crippen LogP contribution in [0, 0.1) is 5.41 Å². The van der Waals surface area contributed by atoms with E-state index in [0.29, 0.717) is 17.1 Å². The van der Waals surface area contributed by atoms with Crippen LogP contribution in [0.15, 0.2) is 18.2 Å². The molecule has 0 aliphatic heterocycles. The molecule has 0 saturated carbocycles. The fourth-order valence-electron chi connectivity index (χ4n) is 1.52. The number of carbonyl (C=O) groups is 2. The summed E-state index contributed by atoms with van der Waals surface area (Å²) < 4.78 is 5.13. The first-order chi connectivity index (χ1) is 9.77. The summed E-state index contributed by atoms with van der Waals surface area (Å²) in [5.41, 5.74) is 5.85.